The van der Waals surface area contributed by atoms with Crippen molar-refractivity contribution in [3.63, 3.8) is 0 Å². The van der Waals surface area contributed by atoms with E-state index in [9.17, 15) is 0 Å². The third-order valence-corrected chi connectivity index (χ3v) is 0. The van der Waals surface area contributed by atoms with Gasteiger partial charge in [-0.3, -0.25) is 0 Å². The Morgan fingerprint density at radius 1 is 0.167 bits per heavy atom. The Hall–Kier alpha value is 3.74. The van der Waals surface area contributed by atoms with Crippen molar-refractivity contribution in [2.45, 2.75) is 0 Å². The van der Waals surface area contributed by atoms with Crippen LogP contribution in [0, 0.1) is 0 Å². The second kappa shape index (κ2) is 37.4. The van der Waals surface area contributed by atoms with Crippen molar-refractivity contribution in [2.75, 3.05) is 0 Å². The van der Waals surface area contributed by atoms with E-state index in [-0.39, 0.29) is 117 Å². The van der Waals surface area contributed by atoms with Crippen LogP contribution in [-0.2, 0) is 117 Å². The fourth-order valence-corrected chi connectivity index (χ4v) is 0. The molecule has 0 bridgehead atoms. The van der Waals surface area contributed by atoms with E-state index in [1.54, 1.807) is 0 Å². The standard InChI is InChI=1S/6Rh. The van der Waals surface area contributed by atoms with Crippen molar-refractivity contribution in [2.24, 2.45) is 0 Å². The summed E-state index contributed by atoms with van der Waals surface area (Å²) >= 11 is 0. The van der Waals surface area contributed by atoms with Gasteiger partial charge in [0.25, 0.3) is 0 Å². The zero-order chi connectivity index (χ0) is 0. The van der Waals surface area contributed by atoms with Crippen LogP contribution in [0.15, 0.2) is 0 Å². The van der Waals surface area contributed by atoms with Crippen molar-refractivity contribution in [3.8, 4) is 0 Å². The van der Waals surface area contributed by atoms with Crippen LogP contribution in [-0.4, -0.2) is 0 Å². The van der Waals surface area contributed by atoms with Gasteiger partial charge in [-0.1, -0.05) is 0 Å². The second-order valence-electron chi connectivity index (χ2n) is 0. The molecule has 6 heavy (non-hydrogen) atoms. The Labute approximate surface area is 115 Å². The van der Waals surface area contributed by atoms with Crippen LogP contribution < -0.4 is 0 Å². The molecular weight excluding hydrogens is 617 g/mol. The summed E-state index contributed by atoms with van der Waals surface area (Å²) in [4.78, 5) is 0. The normalized spacial score (nSPS) is 0. The van der Waals surface area contributed by atoms with Gasteiger partial charge in [-0.25, -0.2) is 0 Å². The molecule has 0 aliphatic rings. The maximum atomic E-state index is 0. The van der Waals surface area contributed by atoms with E-state index in [4.69, 9.17) is 0 Å². The molecule has 6 radical (unpaired) electrons. The molecule has 0 aromatic heterocycles. The molecule has 0 spiro atoms. The van der Waals surface area contributed by atoms with Crippen LogP contribution in [0.2, 0.25) is 0 Å². The average molecular weight is 617 g/mol. The van der Waals surface area contributed by atoms with E-state index >= 15 is 0 Å². The van der Waals surface area contributed by atoms with Gasteiger partial charge in [0.15, 0.2) is 0 Å². The first-order valence-corrected chi connectivity index (χ1v) is 0. The van der Waals surface area contributed by atoms with Gasteiger partial charge in [0.2, 0.25) is 0 Å². The number of hydrogen-bond acceptors (Lipinski definition) is 0. The summed E-state index contributed by atoms with van der Waals surface area (Å²) in [5, 5.41) is 0. The fourth-order valence-electron chi connectivity index (χ4n) is 0. The maximum Gasteiger partial charge on any atom is 0 e. The maximum absolute atomic E-state index is 0. The van der Waals surface area contributed by atoms with E-state index in [1.165, 1.54) is 0 Å². The second-order valence-corrected chi connectivity index (χ2v) is 0. The molecule has 0 aliphatic heterocycles. The average Bonchev–Trinajstić information content (AvgIpc) is 0. The Balaban J connectivity index is 0. The van der Waals surface area contributed by atoms with E-state index in [0.29, 0.717) is 0 Å². The molecule has 0 aromatic rings. The van der Waals surface area contributed by atoms with Crippen LogP contribution in [0.5, 0.6) is 0 Å². The Morgan fingerprint density at radius 3 is 0.167 bits per heavy atom. The number of hydrogen-bond donors (Lipinski definition) is 0. The summed E-state index contributed by atoms with van der Waals surface area (Å²) in [7, 11) is 0. The molecule has 0 atom stereocenters. The molecule has 0 heterocycles. The van der Waals surface area contributed by atoms with Crippen molar-refractivity contribution in [3.05, 3.63) is 0 Å². The van der Waals surface area contributed by atoms with Crippen molar-refractivity contribution in [1.82, 2.24) is 0 Å². The zero-order valence-corrected chi connectivity index (χ0v) is 11.8. The predicted molar refractivity (Wildman–Crippen MR) is 0 cm³/mol. The Morgan fingerprint density at radius 2 is 0.167 bits per heavy atom. The van der Waals surface area contributed by atoms with Gasteiger partial charge < -0.3 is 0 Å². The van der Waals surface area contributed by atoms with Crippen molar-refractivity contribution < 1.29 is 117 Å². The topological polar surface area (TPSA) is 0 Å². The first kappa shape index (κ1) is 53.2. The van der Waals surface area contributed by atoms with Gasteiger partial charge in [-0.05, 0) is 0 Å². The van der Waals surface area contributed by atoms with E-state index in [2.05, 4.69) is 0 Å². The van der Waals surface area contributed by atoms with Gasteiger partial charge in [0.1, 0.15) is 0 Å². The Kier molecular flexibility index (Phi) is 332. The number of rotatable bonds is 0. The molecule has 0 saturated carbocycles. The monoisotopic (exact) mass is 617 g/mol. The minimum atomic E-state index is 0. The van der Waals surface area contributed by atoms with Crippen LogP contribution in [0.3, 0.4) is 0 Å². The Bertz CT molecular complexity index is 0. The molecule has 0 amide bonds. The third-order valence-electron chi connectivity index (χ3n) is 0. The van der Waals surface area contributed by atoms with Crippen LogP contribution >= 0.6 is 0 Å². The summed E-state index contributed by atoms with van der Waals surface area (Å²) in [6.45, 7) is 0. The van der Waals surface area contributed by atoms with Crippen LogP contribution in [0.4, 0.5) is 0 Å². The van der Waals surface area contributed by atoms with E-state index in [0.717, 1.165) is 0 Å². The van der Waals surface area contributed by atoms with Gasteiger partial charge >= 0.3 is 0 Å². The summed E-state index contributed by atoms with van der Waals surface area (Å²) in [6.07, 6.45) is 0. The largest absolute Gasteiger partial charge is 0 e. The smallest absolute Gasteiger partial charge is 0 e. The van der Waals surface area contributed by atoms with Gasteiger partial charge in [-0.15, -0.1) is 0 Å². The van der Waals surface area contributed by atoms with Crippen molar-refractivity contribution in [1.29, 1.82) is 0 Å². The fraction of sp³-hybridized carbons (Fsp3) is 0. The summed E-state index contributed by atoms with van der Waals surface area (Å²) in [5.41, 5.74) is 0. The molecule has 0 N–H and O–H groups in total. The summed E-state index contributed by atoms with van der Waals surface area (Å²) in [6, 6.07) is 0. The van der Waals surface area contributed by atoms with E-state index < -0.39 is 0 Å². The predicted octanol–water partition coefficient (Wildman–Crippen LogP) is -0.0150. The molecule has 0 unspecified atom stereocenters. The quantitative estimate of drug-likeness (QED) is 0.336. The van der Waals surface area contributed by atoms with Gasteiger partial charge in [0.05, 0.1) is 0 Å². The zero-order valence-electron chi connectivity index (χ0n) is 2.00. The molecule has 0 rings (SSSR count). The summed E-state index contributed by atoms with van der Waals surface area (Å²) in [5.74, 6) is 0. The molecule has 0 nitrogen and oxygen atoms in total. The summed E-state index contributed by atoms with van der Waals surface area (Å²) < 4.78 is 0. The van der Waals surface area contributed by atoms with Crippen LogP contribution in [0.1, 0.15) is 0 Å². The van der Waals surface area contributed by atoms with Gasteiger partial charge in [-0.2, -0.15) is 0 Å². The van der Waals surface area contributed by atoms with Crippen molar-refractivity contribution >= 4 is 0 Å². The molecule has 0 saturated heterocycles. The van der Waals surface area contributed by atoms with Crippen LogP contribution in [0.25, 0.3) is 0 Å². The van der Waals surface area contributed by atoms with E-state index in [1.807, 2.05) is 0 Å². The minimum absolute atomic E-state index is 0. The SMILES string of the molecule is [Rh].[Rh].[Rh].[Rh].[Rh].[Rh]. The molecular formula is Rh6. The molecule has 0 aliphatic carbocycles. The first-order chi connectivity index (χ1) is 0. The minimum Gasteiger partial charge on any atom is 0 e. The molecule has 6 heteroatoms. The molecule has 54 valence electrons. The molecule has 0 fully saturated rings. The van der Waals surface area contributed by atoms with Gasteiger partial charge in [0, 0.05) is 117 Å². The molecule has 0 aromatic carbocycles. The third kappa shape index (κ3) is 25.1. The first-order valence-electron chi connectivity index (χ1n) is 0.